The molecular weight excluding hydrogens is 373 g/mol. The van der Waals surface area contributed by atoms with Crippen LogP contribution in [0.4, 0.5) is 24.7 Å². The van der Waals surface area contributed by atoms with Gasteiger partial charge in [-0.05, 0) is 37.3 Å². The van der Waals surface area contributed by atoms with Gasteiger partial charge < -0.3 is 14.1 Å². The zero-order valence-corrected chi connectivity index (χ0v) is 15.0. The van der Waals surface area contributed by atoms with Crippen LogP contribution in [0.25, 0.3) is 11.5 Å². The summed E-state index contributed by atoms with van der Waals surface area (Å²) in [7, 11) is 1.51. The molecule has 0 bridgehead atoms. The molecule has 3 aromatic rings. The van der Waals surface area contributed by atoms with Crippen molar-refractivity contribution in [1.29, 1.82) is 5.26 Å². The van der Waals surface area contributed by atoms with Crippen LogP contribution in [-0.4, -0.2) is 23.6 Å². The summed E-state index contributed by atoms with van der Waals surface area (Å²) in [6.07, 6.45) is -3.06. The van der Waals surface area contributed by atoms with Gasteiger partial charge in [0.2, 0.25) is 0 Å². The van der Waals surface area contributed by atoms with Crippen LogP contribution >= 0.6 is 0 Å². The van der Waals surface area contributed by atoms with Crippen molar-refractivity contribution in [3.05, 3.63) is 53.8 Å². The third-order valence-electron chi connectivity index (χ3n) is 3.89. The maximum absolute atomic E-state index is 13.1. The van der Waals surface area contributed by atoms with Gasteiger partial charge in [-0.3, -0.25) is 0 Å². The Hall–Kier alpha value is -3.54. The lowest BCUT2D eigenvalue weighted by Gasteiger charge is -2.22. The van der Waals surface area contributed by atoms with Gasteiger partial charge in [0.1, 0.15) is 17.3 Å². The van der Waals surface area contributed by atoms with E-state index in [2.05, 4.69) is 9.97 Å². The first-order valence-electron chi connectivity index (χ1n) is 8.25. The van der Waals surface area contributed by atoms with Gasteiger partial charge >= 0.3 is 12.2 Å². The standard InChI is InChI=1S/C19H15F3N4O2/c1-3-27-18-24-16(15-8-5-9-28-15)14(11-23)17(25-18)26(2)13-7-4-6-12(10-13)19(20,21)22/h4-10H,3H2,1-2H3. The highest BCUT2D eigenvalue weighted by molar-refractivity contribution is 5.74. The first-order chi connectivity index (χ1) is 13.3. The van der Waals surface area contributed by atoms with E-state index >= 15 is 0 Å². The summed E-state index contributed by atoms with van der Waals surface area (Å²) in [5.74, 6) is 0.422. The lowest BCUT2D eigenvalue weighted by molar-refractivity contribution is -0.137. The lowest BCUT2D eigenvalue weighted by atomic mass is 10.1. The fourth-order valence-electron chi connectivity index (χ4n) is 2.57. The van der Waals surface area contributed by atoms with Gasteiger partial charge in [0.05, 0.1) is 18.4 Å². The fraction of sp³-hybridized carbons (Fsp3) is 0.211. The molecular formula is C19H15F3N4O2. The number of nitrogens with zero attached hydrogens (tertiary/aromatic N) is 4. The Labute approximate surface area is 158 Å². The minimum absolute atomic E-state index is 0.0123. The largest absolute Gasteiger partial charge is 0.464 e. The summed E-state index contributed by atoms with van der Waals surface area (Å²) < 4.78 is 49.9. The Morgan fingerprint density at radius 2 is 2.00 bits per heavy atom. The van der Waals surface area contributed by atoms with Crippen molar-refractivity contribution in [3.63, 3.8) is 0 Å². The van der Waals surface area contributed by atoms with E-state index in [9.17, 15) is 18.4 Å². The number of hydrogen-bond acceptors (Lipinski definition) is 6. The predicted octanol–water partition coefficient (Wildman–Crippen LogP) is 4.79. The highest BCUT2D eigenvalue weighted by Gasteiger charge is 2.31. The first-order valence-corrected chi connectivity index (χ1v) is 8.25. The second kappa shape index (κ2) is 7.60. The number of anilines is 2. The summed E-state index contributed by atoms with van der Waals surface area (Å²) >= 11 is 0. The molecule has 0 spiro atoms. The Morgan fingerprint density at radius 1 is 1.21 bits per heavy atom. The van der Waals surface area contributed by atoms with Gasteiger partial charge in [0.25, 0.3) is 0 Å². The molecule has 0 aliphatic heterocycles. The maximum atomic E-state index is 13.1. The second-order valence-electron chi connectivity index (χ2n) is 5.68. The maximum Gasteiger partial charge on any atom is 0.416 e. The molecule has 0 N–H and O–H groups in total. The average molecular weight is 388 g/mol. The van der Waals surface area contributed by atoms with Crippen LogP contribution in [0, 0.1) is 11.3 Å². The zero-order chi connectivity index (χ0) is 20.3. The van der Waals surface area contributed by atoms with Crippen molar-refractivity contribution in [2.24, 2.45) is 0 Å². The third kappa shape index (κ3) is 3.76. The summed E-state index contributed by atoms with van der Waals surface area (Å²) in [5, 5.41) is 9.68. The minimum Gasteiger partial charge on any atom is -0.464 e. The van der Waals surface area contributed by atoms with Crippen molar-refractivity contribution >= 4 is 11.5 Å². The van der Waals surface area contributed by atoms with Crippen LogP contribution in [-0.2, 0) is 6.18 Å². The number of nitriles is 1. The molecule has 0 amide bonds. The van der Waals surface area contributed by atoms with Gasteiger partial charge in [-0.2, -0.15) is 28.4 Å². The van der Waals surface area contributed by atoms with E-state index in [1.165, 1.54) is 30.3 Å². The lowest BCUT2D eigenvalue weighted by Crippen LogP contribution is -2.16. The van der Waals surface area contributed by atoms with Crippen LogP contribution in [0.15, 0.2) is 47.1 Å². The van der Waals surface area contributed by atoms with Crippen LogP contribution in [0.1, 0.15) is 18.1 Å². The second-order valence-corrected chi connectivity index (χ2v) is 5.68. The van der Waals surface area contributed by atoms with E-state index in [1.807, 2.05) is 6.07 Å². The van der Waals surface area contributed by atoms with Gasteiger partial charge in [-0.1, -0.05) is 6.07 Å². The SMILES string of the molecule is CCOc1nc(-c2ccco2)c(C#N)c(N(C)c2cccc(C(F)(F)F)c2)n1. The Morgan fingerprint density at radius 3 is 2.61 bits per heavy atom. The van der Waals surface area contributed by atoms with E-state index in [0.29, 0.717) is 5.76 Å². The van der Waals surface area contributed by atoms with Crippen molar-refractivity contribution in [2.45, 2.75) is 13.1 Å². The molecule has 0 radical (unpaired) electrons. The van der Waals surface area contributed by atoms with E-state index in [1.54, 1.807) is 19.1 Å². The summed E-state index contributed by atoms with van der Waals surface area (Å²) in [6, 6.07) is 9.99. The molecule has 9 heteroatoms. The number of benzene rings is 1. The molecule has 0 fully saturated rings. The van der Waals surface area contributed by atoms with Crippen LogP contribution in [0.2, 0.25) is 0 Å². The third-order valence-corrected chi connectivity index (χ3v) is 3.89. The minimum atomic E-state index is -4.49. The monoisotopic (exact) mass is 388 g/mol. The summed E-state index contributed by atoms with van der Waals surface area (Å²) in [4.78, 5) is 9.81. The first kappa shape index (κ1) is 19.2. The number of rotatable bonds is 5. The van der Waals surface area contributed by atoms with Gasteiger partial charge in [-0.25, -0.2) is 0 Å². The van der Waals surface area contributed by atoms with Gasteiger partial charge in [0, 0.05) is 12.7 Å². The van der Waals surface area contributed by atoms with Crippen LogP contribution < -0.4 is 9.64 Å². The van der Waals surface area contributed by atoms with Crippen LogP contribution in [0.5, 0.6) is 6.01 Å². The topological polar surface area (TPSA) is 75.2 Å². The van der Waals surface area contributed by atoms with E-state index in [-0.39, 0.29) is 35.4 Å². The van der Waals surface area contributed by atoms with Gasteiger partial charge in [-0.15, -0.1) is 0 Å². The molecule has 3 rings (SSSR count). The van der Waals surface area contributed by atoms with E-state index in [4.69, 9.17) is 9.15 Å². The summed E-state index contributed by atoms with van der Waals surface area (Å²) in [5.41, 5.74) is -0.350. The van der Waals surface area contributed by atoms with Crippen molar-refractivity contribution in [1.82, 2.24) is 9.97 Å². The van der Waals surface area contributed by atoms with Crippen LogP contribution in [0.3, 0.4) is 0 Å². The molecule has 0 unspecified atom stereocenters. The molecule has 0 saturated heterocycles. The summed E-state index contributed by atoms with van der Waals surface area (Å²) in [6.45, 7) is 2.01. The molecule has 0 aliphatic carbocycles. The number of alkyl halides is 3. The number of furan rings is 1. The fourth-order valence-corrected chi connectivity index (χ4v) is 2.57. The van der Waals surface area contributed by atoms with Crippen molar-refractivity contribution in [2.75, 3.05) is 18.6 Å². The average Bonchev–Trinajstić information content (AvgIpc) is 3.21. The normalized spacial score (nSPS) is 11.1. The molecule has 0 aliphatic rings. The molecule has 144 valence electrons. The van der Waals surface area contributed by atoms with Crippen molar-refractivity contribution in [3.8, 4) is 23.5 Å². The molecule has 2 heterocycles. The number of halogens is 3. The molecule has 1 aromatic carbocycles. The molecule has 0 saturated carbocycles. The molecule has 0 atom stereocenters. The van der Waals surface area contributed by atoms with E-state index in [0.717, 1.165) is 12.1 Å². The van der Waals surface area contributed by atoms with E-state index < -0.39 is 11.7 Å². The number of ether oxygens (including phenoxy) is 1. The highest BCUT2D eigenvalue weighted by Crippen LogP contribution is 2.36. The van der Waals surface area contributed by atoms with Crippen molar-refractivity contribution < 1.29 is 22.3 Å². The Balaban J connectivity index is 2.16. The molecule has 28 heavy (non-hydrogen) atoms. The Kier molecular flexibility index (Phi) is 5.22. The number of hydrogen-bond donors (Lipinski definition) is 0. The highest BCUT2D eigenvalue weighted by atomic mass is 19.4. The molecule has 6 nitrogen and oxygen atoms in total. The Bertz CT molecular complexity index is 1010. The predicted molar refractivity (Wildman–Crippen MR) is 95.1 cm³/mol. The molecule has 2 aromatic heterocycles. The quantitative estimate of drug-likeness (QED) is 0.625. The zero-order valence-electron chi connectivity index (χ0n) is 15.0. The smallest absolute Gasteiger partial charge is 0.416 e. The van der Waals surface area contributed by atoms with Gasteiger partial charge in [0.15, 0.2) is 11.6 Å². The number of aromatic nitrogens is 2.